The fraction of sp³-hybridized carbons (Fsp3) is 0.400. The van der Waals surface area contributed by atoms with Gasteiger partial charge in [0, 0.05) is 5.33 Å². The van der Waals surface area contributed by atoms with Crippen LogP contribution in [0.1, 0.15) is 11.7 Å². The maximum Gasteiger partial charge on any atom is 0.279 e. The van der Waals surface area contributed by atoms with Gasteiger partial charge in [0.2, 0.25) is 0 Å². The topological polar surface area (TPSA) is 81.8 Å². The summed E-state index contributed by atoms with van der Waals surface area (Å²) in [5, 5.41) is 20.8. The lowest BCUT2D eigenvalue weighted by Gasteiger charge is -2.19. The highest BCUT2D eigenvalue weighted by atomic mass is 79.9. The molecular weight excluding hydrogens is 294 g/mol. The average Bonchev–Trinajstić information content (AvgIpc) is 2.36. The third-order valence-electron chi connectivity index (χ3n) is 2.39. The minimum Gasteiger partial charge on any atom is -0.486 e. The molecule has 7 heteroatoms. The van der Waals surface area contributed by atoms with Crippen molar-refractivity contribution >= 4 is 21.6 Å². The van der Waals surface area contributed by atoms with Gasteiger partial charge in [-0.15, -0.1) is 0 Å². The van der Waals surface area contributed by atoms with Gasteiger partial charge in [-0.3, -0.25) is 10.1 Å². The fourth-order valence-electron chi connectivity index (χ4n) is 1.60. The zero-order chi connectivity index (χ0) is 12.4. The number of nitro groups is 1. The summed E-state index contributed by atoms with van der Waals surface area (Å²) in [6, 6.07) is 2.74. The Hall–Kier alpha value is -1.34. The second-order valence-corrected chi connectivity index (χ2v) is 4.13. The van der Waals surface area contributed by atoms with Crippen molar-refractivity contribution in [2.24, 2.45) is 0 Å². The van der Waals surface area contributed by atoms with Gasteiger partial charge in [-0.25, -0.2) is 0 Å². The van der Waals surface area contributed by atoms with E-state index in [0.717, 1.165) is 0 Å². The molecule has 1 N–H and O–H groups in total. The first kappa shape index (κ1) is 12.1. The SMILES string of the molecule is O=[N+]([O-])c1cc2c(cc1[C@@H](O)CBr)OCCO2. The Morgan fingerprint density at radius 1 is 1.41 bits per heavy atom. The van der Waals surface area contributed by atoms with Crippen LogP contribution in [0.2, 0.25) is 0 Å². The van der Waals surface area contributed by atoms with E-state index >= 15 is 0 Å². The molecule has 6 nitrogen and oxygen atoms in total. The molecular formula is C10H10BrNO5. The van der Waals surface area contributed by atoms with Crippen molar-refractivity contribution in [3.8, 4) is 11.5 Å². The van der Waals surface area contributed by atoms with E-state index in [9.17, 15) is 15.2 Å². The smallest absolute Gasteiger partial charge is 0.279 e. The minimum atomic E-state index is -0.953. The van der Waals surface area contributed by atoms with E-state index in [-0.39, 0.29) is 16.6 Å². The summed E-state index contributed by atoms with van der Waals surface area (Å²) in [5.41, 5.74) is 0.0531. The first-order chi connectivity index (χ1) is 8.13. The molecule has 1 aromatic carbocycles. The summed E-state index contributed by atoms with van der Waals surface area (Å²) < 4.78 is 10.6. The van der Waals surface area contributed by atoms with Crippen molar-refractivity contribution in [2.75, 3.05) is 18.5 Å². The molecule has 1 aromatic rings. The number of hydrogen-bond acceptors (Lipinski definition) is 5. The molecule has 0 saturated heterocycles. The highest BCUT2D eigenvalue weighted by molar-refractivity contribution is 9.09. The van der Waals surface area contributed by atoms with Crippen LogP contribution in [0, 0.1) is 10.1 Å². The molecule has 0 aromatic heterocycles. The predicted molar refractivity (Wildman–Crippen MR) is 62.8 cm³/mol. The van der Waals surface area contributed by atoms with Crippen molar-refractivity contribution in [3.63, 3.8) is 0 Å². The number of nitrogens with zero attached hydrogens (tertiary/aromatic N) is 1. The molecule has 1 heterocycles. The van der Waals surface area contributed by atoms with Gasteiger partial charge in [0.1, 0.15) is 13.2 Å². The van der Waals surface area contributed by atoms with E-state index in [1.165, 1.54) is 12.1 Å². The molecule has 0 radical (unpaired) electrons. The molecule has 0 aliphatic carbocycles. The van der Waals surface area contributed by atoms with Crippen LogP contribution in [0.5, 0.6) is 11.5 Å². The molecule has 0 spiro atoms. The van der Waals surface area contributed by atoms with Crippen molar-refractivity contribution < 1.29 is 19.5 Å². The molecule has 0 saturated carbocycles. The van der Waals surface area contributed by atoms with Crippen molar-refractivity contribution in [1.29, 1.82) is 0 Å². The van der Waals surface area contributed by atoms with Crippen molar-refractivity contribution in [3.05, 3.63) is 27.8 Å². The number of alkyl halides is 1. The summed E-state index contributed by atoms with van der Waals surface area (Å²) >= 11 is 3.09. The van der Waals surface area contributed by atoms with Crippen LogP contribution in [-0.4, -0.2) is 28.6 Å². The fourth-order valence-corrected chi connectivity index (χ4v) is 1.95. The summed E-state index contributed by atoms with van der Waals surface area (Å²) in [5.74, 6) is 0.769. The van der Waals surface area contributed by atoms with Gasteiger partial charge in [-0.1, -0.05) is 15.9 Å². The average molecular weight is 304 g/mol. The summed E-state index contributed by atoms with van der Waals surface area (Å²) in [7, 11) is 0. The number of benzene rings is 1. The number of fused-ring (bicyclic) bond motifs is 1. The Morgan fingerprint density at radius 2 is 2.00 bits per heavy atom. The summed E-state index contributed by atoms with van der Waals surface area (Å²) in [4.78, 5) is 10.4. The van der Waals surface area contributed by atoms with Gasteiger partial charge in [-0.2, -0.15) is 0 Å². The van der Waals surface area contributed by atoms with Crippen LogP contribution in [0.3, 0.4) is 0 Å². The molecule has 1 atom stereocenters. The lowest BCUT2D eigenvalue weighted by atomic mass is 10.1. The summed E-state index contributed by atoms with van der Waals surface area (Å²) in [6.07, 6.45) is -0.953. The highest BCUT2D eigenvalue weighted by Crippen LogP contribution is 2.39. The van der Waals surface area contributed by atoms with Gasteiger partial charge in [0.25, 0.3) is 5.69 Å². The number of hydrogen-bond donors (Lipinski definition) is 1. The van der Waals surface area contributed by atoms with Gasteiger partial charge in [0.05, 0.1) is 22.7 Å². The number of halogens is 1. The van der Waals surface area contributed by atoms with Crippen LogP contribution >= 0.6 is 15.9 Å². The van der Waals surface area contributed by atoms with Gasteiger partial charge in [0.15, 0.2) is 11.5 Å². The molecule has 1 aliphatic heterocycles. The van der Waals surface area contributed by atoms with Crippen LogP contribution < -0.4 is 9.47 Å². The second kappa shape index (κ2) is 4.89. The molecule has 92 valence electrons. The van der Waals surface area contributed by atoms with E-state index in [0.29, 0.717) is 24.7 Å². The Bertz CT molecular complexity index is 451. The predicted octanol–water partition coefficient (Wildman–Crippen LogP) is 1.79. The number of ether oxygens (including phenoxy) is 2. The van der Waals surface area contributed by atoms with Gasteiger partial charge in [-0.05, 0) is 6.07 Å². The largest absolute Gasteiger partial charge is 0.486 e. The van der Waals surface area contributed by atoms with Crippen LogP contribution in [-0.2, 0) is 0 Å². The van der Waals surface area contributed by atoms with E-state index in [2.05, 4.69) is 15.9 Å². The normalized spacial score (nSPS) is 15.4. The standard InChI is InChI=1S/C10H10BrNO5/c11-5-8(13)6-3-9-10(17-2-1-16-9)4-7(6)12(14)15/h3-4,8,13H,1-2,5H2/t8-/m0/s1. The highest BCUT2D eigenvalue weighted by Gasteiger charge is 2.25. The maximum absolute atomic E-state index is 10.9. The Morgan fingerprint density at radius 3 is 2.53 bits per heavy atom. The number of rotatable bonds is 3. The molecule has 0 amide bonds. The number of nitro benzene ring substituents is 1. The molecule has 0 unspecified atom stereocenters. The van der Waals surface area contributed by atoms with E-state index in [1.807, 2.05) is 0 Å². The quantitative estimate of drug-likeness (QED) is 0.523. The zero-order valence-electron chi connectivity index (χ0n) is 8.76. The van der Waals surface area contributed by atoms with E-state index in [1.54, 1.807) is 0 Å². The number of aliphatic hydroxyl groups excluding tert-OH is 1. The molecule has 0 fully saturated rings. The first-order valence-corrected chi connectivity index (χ1v) is 6.07. The summed E-state index contributed by atoms with van der Waals surface area (Å²) in [6.45, 7) is 0.763. The monoisotopic (exact) mass is 303 g/mol. The maximum atomic E-state index is 10.9. The van der Waals surface area contributed by atoms with Gasteiger partial charge < -0.3 is 14.6 Å². The molecule has 2 rings (SSSR count). The van der Waals surface area contributed by atoms with Crippen LogP contribution in [0.25, 0.3) is 0 Å². The third kappa shape index (κ3) is 2.34. The number of aliphatic hydroxyl groups is 1. The van der Waals surface area contributed by atoms with Gasteiger partial charge >= 0.3 is 0 Å². The van der Waals surface area contributed by atoms with Crippen LogP contribution in [0.15, 0.2) is 12.1 Å². The van der Waals surface area contributed by atoms with E-state index in [4.69, 9.17) is 9.47 Å². The van der Waals surface area contributed by atoms with Crippen LogP contribution in [0.4, 0.5) is 5.69 Å². The van der Waals surface area contributed by atoms with Crippen molar-refractivity contribution in [2.45, 2.75) is 6.10 Å². The molecule has 0 bridgehead atoms. The minimum absolute atomic E-state index is 0.166. The molecule has 17 heavy (non-hydrogen) atoms. The first-order valence-electron chi connectivity index (χ1n) is 4.95. The van der Waals surface area contributed by atoms with E-state index < -0.39 is 11.0 Å². The lowest BCUT2D eigenvalue weighted by Crippen LogP contribution is -2.16. The molecule has 1 aliphatic rings. The third-order valence-corrected chi connectivity index (χ3v) is 3.01. The Labute approximate surface area is 105 Å². The van der Waals surface area contributed by atoms with Crippen molar-refractivity contribution in [1.82, 2.24) is 0 Å². The lowest BCUT2D eigenvalue weighted by molar-refractivity contribution is -0.386. The Balaban J connectivity index is 2.51. The Kier molecular flexibility index (Phi) is 3.49. The zero-order valence-corrected chi connectivity index (χ0v) is 10.3. The second-order valence-electron chi connectivity index (χ2n) is 3.48.